The summed E-state index contributed by atoms with van der Waals surface area (Å²) in [6.45, 7) is 4.03. The van der Waals surface area contributed by atoms with E-state index in [1.54, 1.807) is 11.8 Å². The summed E-state index contributed by atoms with van der Waals surface area (Å²) >= 11 is 1.79. The Balaban J connectivity index is 1.93. The van der Waals surface area contributed by atoms with Crippen LogP contribution in [0.1, 0.15) is 23.2 Å². The van der Waals surface area contributed by atoms with E-state index >= 15 is 0 Å². The number of benzene rings is 1. The summed E-state index contributed by atoms with van der Waals surface area (Å²) < 4.78 is 6.04. The number of anilines is 1. The molecule has 4 nitrogen and oxygen atoms in total. The van der Waals surface area contributed by atoms with Crippen LogP contribution in [-0.2, 0) is 0 Å². The van der Waals surface area contributed by atoms with Gasteiger partial charge in [0, 0.05) is 29.0 Å². The Morgan fingerprint density at radius 1 is 1.25 bits per heavy atom. The molecular formula is C15H17N3OS. The minimum atomic E-state index is -0.0960. The van der Waals surface area contributed by atoms with Gasteiger partial charge in [-0.15, -0.1) is 11.8 Å². The van der Waals surface area contributed by atoms with Crippen molar-refractivity contribution in [1.82, 2.24) is 9.97 Å². The van der Waals surface area contributed by atoms with Gasteiger partial charge in [-0.3, -0.25) is 0 Å². The van der Waals surface area contributed by atoms with Crippen LogP contribution in [0.25, 0.3) is 0 Å². The lowest BCUT2D eigenvalue weighted by Gasteiger charge is -2.25. The molecule has 0 radical (unpaired) electrons. The first-order valence-corrected chi connectivity index (χ1v) is 7.59. The summed E-state index contributed by atoms with van der Waals surface area (Å²) in [6.07, 6.45) is -0.0960. The van der Waals surface area contributed by atoms with E-state index in [1.807, 2.05) is 39.1 Å². The maximum absolute atomic E-state index is 6.04. The molecule has 20 heavy (non-hydrogen) atoms. The lowest BCUT2D eigenvalue weighted by Crippen LogP contribution is -2.19. The molecular weight excluding hydrogens is 270 g/mol. The first kappa shape index (κ1) is 13.2. The normalized spacial score (nSPS) is 17.2. The molecule has 0 amide bonds. The quantitative estimate of drug-likeness (QED) is 0.917. The van der Waals surface area contributed by atoms with Crippen molar-refractivity contribution in [1.29, 1.82) is 0 Å². The molecule has 1 aliphatic rings. The summed E-state index contributed by atoms with van der Waals surface area (Å²) in [4.78, 5) is 10.4. The van der Waals surface area contributed by atoms with E-state index in [2.05, 4.69) is 21.4 Å². The van der Waals surface area contributed by atoms with Crippen molar-refractivity contribution in [2.45, 2.75) is 24.8 Å². The number of ether oxygens (including phenoxy) is 1. The Kier molecular flexibility index (Phi) is 3.53. The summed E-state index contributed by atoms with van der Waals surface area (Å²) in [5.74, 6) is 3.38. The van der Waals surface area contributed by atoms with Crippen LogP contribution >= 0.6 is 11.8 Å². The molecule has 1 atom stereocenters. The van der Waals surface area contributed by atoms with Crippen molar-refractivity contribution in [3.8, 4) is 5.75 Å². The fraction of sp³-hybridized carbons (Fsp3) is 0.333. The van der Waals surface area contributed by atoms with E-state index in [1.165, 1.54) is 4.90 Å². The van der Waals surface area contributed by atoms with Crippen LogP contribution in [0.5, 0.6) is 5.75 Å². The molecule has 5 heteroatoms. The zero-order valence-corrected chi connectivity index (χ0v) is 12.6. The monoisotopic (exact) mass is 287 g/mol. The van der Waals surface area contributed by atoms with Gasteiger partial charge in [-0.2, -0.15) is 0 Å². The molecule has 2 heterocycles. The van der Waals surface area contributed by atoms with Gasteiger partial charge in [0.05, 0.1) is 0 Å². The molecule has 0 spiro atoms. The highest BCUT2D eigenvalue weighted by molar-refractivity contribution is 7.99. The highest BCUT2D eigenvalue weighted by Gasteiger charge is 2.25. The van der Waals surface area contributed by atoms with E-state index in [4.69, 9.17) is 4.74 Å². The first-order chi connectivity index (χ1) is 9.69. The predicted molar refractivity (Wildman–Crippen MR) is 81.6 cm³/mol. The zero-order chi connectivity index (χ0) is 14.1. The molecule has 104 valence electrons. The van der Waals surface area contributed by atoms with Gasteiger partial charge in [-0.25, -0.2) is 9.97 Å². The van der Waals surface area contributed by atoms with Gasteiger partial charge in [-0.1, -0.05) is 12.1 Å². The van der Waals surface area contributed by atoms with Gasteiger partial charge < -0.3 is 10.1 Å². The third-order valence-corrected chi connectivity index (χ3v) is 4.56. The summed E-state index contributed by atoms with van der Waals surface area (Å²) in [6, 6.07) is 8.09. The minimum Gasteiger partial charge on any atom is -0.480 e. The van der Waals surface area contributed by atoms with Gasteiger partial charge in [0.2, 0.25) is 0 Å². The summed E-state index contributed by atoms with van der Waals surface area (Å²) in [5, 5.41) is 3.12. The van der Waals surface area contributed by atoms with Crippen LogP contribution in [-0.4, -0.2) is 22.8 Å². The van der Waals surface area contributed by atoms with E-state index in [-0.39, 0.29) is 6.10 Å². The largest absolute Gasteiger partial charge is 0.480 e. The number of hydrogen-bond acceptors (Lipinski definition) is 5. The molecule has 0 saturated carbocycles. The van der Waals surface area contributed by atoms with Gasteiger partial charge in [0.15, 0.2) is 11.9 Å². The Hall–Kier alpha value is -1.75. The highest BCUT2D eigenvalue weighted by atomic mass is 32.2. The Labute approximate surface area is 123 Å². The first-order valence-electron chi connectivity index (χ1n) is 6.60. The second kappa shape index (κ2) is 5.32. The van der Waals surface area contributed by atoms with Crippen molar-refractivity contribution >= 4 is 17.6 Å². The molecule has 1 N–H and O–H groups in total. The number of nitrogens with zero attached hydrogens (tertiary/aromatic N) is 2. The van der Waals surface area contributed by atoms with E-state index in [0.29, 0.717) is 0 Å². The number of thioether (sulfide) groups is 1. The second-order valence-electron chi connectivity index (χ2n) is 4.76. The predicted octanol–water partition coefficient (Wildman–Crippen LogP) is 3.36. The van der Waals surface area contributed by atoms with Crippen LogP contribution in [0, 0.1) is 13.8 Å². The van der Waals surface area contributed by atoms with Gasteiger partial charge in [-0.05, 0) is 26.0 Å². The molecule has 0 fully saturated rings. The average molecular weight is 287 g/mol. The fourth-order valence-corrected chi connectivity index (χ4v) is 3.17. The number of aromatic nitrogens is 2. The van der Waals surface area contributed by atoms with Crippen molar-refractivity contribution < 1.29 is 4.74 Å². The third kappa shape index (κ3) is 2.33. The summed E-state index contributed by atoms with van der Waals surface area (Å²) in [5.41, 5.74) is 2.08. The van der Waals surface area contributed by atoms with Crippen molar-refractivity contribution in [2.75, 3.05) is 18.1 Å². The van der Waals surface area contributed by atoms with Gasteiger partial charge in [0.1, 0.15) is 11.6 Å². The number of nitrogens with one attached hydrogen (secondary N) is 1. The lowest BCUT2D eigenvalue weighted by atomic mass is 10.2. The minimum absolute atomic E-state index is 0.0960. The maximum atomic E-state index is 6.04. The molecule has 2 aromatic rings. The number of hydrogen-bond donors (Lipinski definition) is 1. The van der Waals surface area contributed by atoms with Gasteiger partial charge in [0.25, 0.3) is 0 Å². The third-order valence-electron chi connectivity index (χ3n) is 3.44. The fourth-order valence-electron chi connectivity index (χ4n) is 2.18. The second-order valence-corrected chi connectivity index (χ2v) is 5.82. The number of para-hydroxylation sites is 1. The van der Waals surface area contributed by atoms with Crippen LogP contribution in [0.4, 0.5) is 5.82 Å². The molecule has 1 aromatic carbocycles. The molecule has 1 aliphatic heterocycles. The summed E-state index contributed by atoms with van der Waals surface area (Å²) in [7, 11) is 1.88. The number of aryl methyl sites for hydroxylation is 1. The van der Waals surface area contributed by atoms with Crippen LogP contribution in [0.15, 0.2) is 29.2 Å². The number of rotatable bonds is 2. The topological polar surface area (TPSA) is 47.0 Å². The van der Waals surface area contributed by atoms with Crippen LogP contribution in [0.2, 0.25) is 0 Å². The van der Waals surface area contributed by atoms with E-state index < -0.39 is 0 Å². The highest BCUT2D eigenvalue weighted by Crippen LogP contribution is 2.39. The van der Waals surface area contributed by atoms with E-state index in [9.17, 15) is 0 Å². The molecule has 3 rings (SSSR count). The Morgan fingerprint density at radius 2 is 2.05 bits per heavy atom. The average Bonchev–Trinajstić information content (AvgIpc) is 2.49. The van der Waals surface area contributed by atoms with Gasteiger partial charge >= 0.3 is 0 Å². The number of fused-ring (bicyclic) bond motifs is 1. The lowest BCUT2D eigenvalue weighted by molar-refractivity contribution is 0.210. The smallest absolute Gasteiger partial charge is 0.172 e. The Bertz CT molecular complexity index is 645. The molecule has 0 saturated heterocycles. The zero-order valence-electron chi connectivity index (χ0n) is 11.8. The molecule has 0 aliphatic carbocycles. The maximum Gasteiger partial charge on any atom is 0.172 e. The van der Waals surface area contributed by atoms with Crippen LogP contribution < -0.4 is 10.1 Å². The molecule has 1 unspecified atom stereocenters. The molecule has 0 bridgehead atoms. The van der Waals surface area contributed by atoms with E-state index in [0.717, 1.165) is 34.4 Å². The van der Waals surface area contributed by atoms with Crippen LogP contribution in [0.3, 0.4) is 0 Å². The van der Waals surface area contributed by atoms with Crippen molar-refractivity contribution in [3.63, 3.8) is 0 Å². The SMILES string of the molecule is CNc1nc(C2CSc3ccccc3O2)nc(C)c1C. The standard InChI is InChI=1S/C15H17N3OS/c1-9-10(2)17-15(18-14(9)16-3)12-8-20-13-7-5-4-6-11(13)19-12/h4-7,12H,8H2,1-3H3,(H,16,17,18). The van der Waals surface area contributed by atoms with Crippen molar-refractivity contribution in [3.05, 3.63) is 41.3 Å². The Morgan fingerprint density at radius 3 is 2.85 bits per heavy atom. The van der Waals surface area contributed by atoms with Crippen molar-refractivity contribution in [2.24, 2.45) is 0 Å². The molecule has 1 aromatic heterocycles.